The van der Waals surface area contributed by atoms with Crippen molar-refractivity contribution in [2.24, 2.45) is 11.7 Å². The number of anilines is 1. The van der Waals surface area contributed by atoms with Crippen molar-refractivity contribution in [2.45, 2.75) is 31.7 Å². The molecule has 0 saturated heterocycles. The summed E-state index contributed by atoms with van der Waals surface area (Å²) in [6.45, 7) is 0.465. The lowest BCUT2D eigenvalue weighted by molar-refractivity contribution is -0.389. The Morgan fingerprint density at radius 1 is 1.60 bits per heavy atom. The molecule has 0 amide bonds. The molecule has 8 heteroatoms. The summed E-state index contributed by atoms with van der Waals surface area (Å²) < 4.78 is 1.51. The molecule has 1 aliphatic rings. The molecule has 108 valence electrons. The fraction of sp³-hybridized carbons (Fsp3) is 0.583. The van der Waals surface area contributed by atoms with Crippen molar-refractivity contribution in [1.82, 2.24) is 9.38 Å². The van der Waals surface area contributed by atoms with Gasteiger partial charge in [0.15, 0.2) is 0 Å². The minimum atomic E-state index is -0.392. The predicted octanol–water partition coefficient (Wildman–Crippen LogP) is 2.23. The second-order valence-corrected chi connectivity index (χ2v) is 6.00. The van der Waals surface area contributed by atoms with Crippen molar-refractivity contribution in [3.63, 3.8) is 0 Å². The van der Waals surface area contributed by atoms with Crippen LogP contribution in [0.3, 0.4) is 0 Å². The first-order valence-electron chi connectivity index (χ1n) is 6.77. The van der Waals surface area contributed by atoms with E-state index in [0.29, 0.717) is 23.2 Å². The van der Waals surface area contributed by atoms with E-state index in [4.69, 9.17) is 5.73 Å². The Morgan fingerprint density at radius 3 is 3.00 bits per heavy atom. The molecule has 3 rings (SSSR count). The van der Waals surface area contributed by atoms with Gasteiger partial charge in [-0.15, -0.1) is 0 Å². The lowest BCUT2D eigenvalue weighted by Crippen LogP contribution is -2.35. The van der Waals surface area contributed by atoms with Gasteiger partial charge in [0, 0.05) is 18.0 Å². The zero-order valence-corrected chi connectivity index (χ0v) is 11.8. The smallest absolute Gasteiger partial charge is 0.359 e. The van der Waals surface area contributed by atoms with Crippen LogP contribution in [0.15, 0.2) is 11.6 Å². The van der Waals surface area contributed by atoms with Crippen LogP contribution in [0.5, 0.6) is 0 Å². The molecular weight excluding hydrogens is 278 g/mol. The third-order valence-electron chi connectivity index (χ3n) is 3.95. The Labute approximate surface area is 120 Å². The topological polar surface area (TPSA) is 98.5 Å². The van der Waals surface area contributed by atoms with Crippen LogP contribution in [0.25, 0.3) is 4.96 Å². The first-order chi connectivity index (χ1) is 9.70. The van der Waals surface area contributed by atoms with E-state index in [1.165, 1.54) is 28.6 Å². The number of nitrogens with zero attached hydrogens (tertiary/aromatic N) is 3. The maximum Gasteiger partial charge on any atom is 0.372 e. The van der Waals surface area contributed by atoms with Crippen molar-refractivity contribution in [1.29, 1.82) is 0 Å². The minimum absolute atomic E-state index is 0.00213. The third kappa shape index (κ3) is 2.25. The summed E-state index contributed by atoms with van der Waals surface area (Å²) in [5.41, 5.74) is 5.83. The Morgan fingerprint density at radius 2 is 2.35 bits per heavy atom. The zero-order chi connectivity index (χ0) is 14.1. The van der Waals surface area contributed by atoms with E-state index in [1.807, 2.05) is 0 Å². The molecule has 0 aromatic carbocycles. The zero-order valence-electron chi connectivity index (χ0n) is 11.0. The minimum Gasteiger partial charge on any atom is -0.359 e. The summed E-state index contributed by atoms with van der Waals surface area (Å²) in [4.78, 5) is 15.8. The molecule has 0 bridgehead atoms. The average Bonchev–Trinajstić information content (AvgIpc) is 3.11. The second kappa shape index (κ2) is 5.37. The van der Waals surface area contributed by atoms with E-state index in [1.54, 1.807) is 11.6 Å². The van der Waals surface area contributed by atoms with Gasteiger partial charge < -0.3 is 21.2 Å². The van der Waals surface area contributed by atoms with Crippen LogP contribution in [-0.4, -0.2) is 26.9 Å². The number of rotatable bonds is 5. The molecule has 1 fully saturated rings. The average molecular weight is 295 g/mol. The number of aromatic nitrogens is 2. The van der Waals surface area contributed by atoms with E-state index < -0.39 is 4.92 Å². The summed E-state index contributed by atoms with van der Waals surface area (Å²) >= 11 is 1.38. The number of nitrogens with one attached hydrogen (secondary N) is 1. The Bertz CT molecular complexity index is 616. The van der Waals surface area contributed by atoms with E-state index in [9.17, 15) is 10.1 Å². The van der Waals surface area contributed by atoms with Crippen molar-refractivity contribution in [2.75, 3.05) is 11.9 Å². The highest BCUT2D eigenvalue weighted by Gasteiger charge is 2.29. The molecule has 7 nitrogen and oxygen atoms in total. The van der Waals surface area contributed by atoms with Crippen LogP contribution in [0.2, 0.25) is 0 Å². The summed E-state index contributed by atoms with van der Waals surface area (Å²) in [5.74, 6) is 0.821. The van der Waals surface area contributed by atoms with Gasteiger partial charge in [0.1, 0.15) is 6.20 Å². The number of imidazole rings is 1. The van der Waals surface area contributed by atoms with Crippen LogP contribution in [0.1, 0.15) is 25.7 Å². The number of thiazole rings is 1. The number of hydrogen-bond donors (Lipinski definition) is 2. The molecule has 2 aromatic rings. The van der Waals surface area contributed by atoms with Crippen molar-refractivity contribution in [3.8, 4) is 0 Å². The predicted molar refractivity (Wildman–Crippen MR) is 78.1 cm³/mol. The van der Waals surface area contributed by atoms with Crippen LogP contribution in [0.4, 0.5) is 11.6 Å². The first-order valence-corrected chi connectivity index (χ1v) is 7.65. The van der Waals surface area contributed by atoms with Gasteiger partial charge in [-0.25, -0.2) is 0 Å². The fourth-order valence-corrected chi connectivity index (χ4v) is 3.66. The molecule has 1 atom stereocenters. The Balaban J connectivity index is 1.90. The quantitative estimate of drug-likeness (QED) is 0.651. The number of hydrogen-bond acceptors (Lipinski definition) is 6. The van der Waals surface area contributed by atoms with Crippen molar-refractivity contribution in [3.05, 3.63) is 21.7 Å². The third-order valence-corrected chi connectivity index (χ3v) is 4.71. The molecular formula is C12H17N5O2S. The van der Waals surface area contributed by atoms with E-state index >= 15 is 0 Å². The van der Waals surface area contributed by atoms with E-state index in [2.05, 4.69) is 10.3 Å². The molecule has 0 radical (unpaired) electrons. The molecule has 3 N–H and O–H groups in total. The molecule has 20 heavy (non-hydrogen) atoms. The SMILES string of the molecule is NCC(Nc1nc2sccn2c1[N+](=O)[O-])C1CCCC1. The maximum atomic E-state index is 11.3. The van der Waals surface area contributed by atoms with Crippen molar-refractivity contribution < 1.29 is 4.92 Å². The number of nitrogens with two attached hydrogens (primary N) is 1. The molecule has 0 aliphatic heterocycles. The number of nitro groups is 1. The Kier molecular flexibility index (Phi) is 3.58. The van der Waals surface area contributed by atoms with Gasteiger partial charge in [0.25, 0.3) is 4.96 Å². The molecule has 1 saturated carbocycles. The lowest BCUT2D eigenvalue weighted by atomic mass is 9.98. The summed E-state index contributed by atoms with van der Waals surface area (Å²) in [6.07, 6.45) is 6.35. The largest absolute Gasteiger partial charge is 0.372 e. The van der Waals surface area contributed by atoms with Gasteiger partial charge in [0.05, 0.1) is 0 Å². The highest BCUT2D eigenvalue weighted by Crippen LogP contribution is 2.32. The van der Waals surface area contributed by atoms with Crippen LogP contribution in [0, 0.1) is 16.0 Å². The van der Waals surface area contributed by atoms with Crippen LogP contribution < -0.4 is 11.1 Å². The van der Waals surface area contributed by atoms with Gasteiger partial charge in [0.2, 0.25) is 5.82 Å². The normalized spacial score (nSPS) is 17.6. The van der Waals surface area contributed by atoms with Crippen molar-refractivity contribution >= 4 is 27.9 Å². The van der Waals surface area contributed by atoms with Gasteiger partial charge in [-0.3, -0.25) is 0 Å². The van der Waals surface area contributed by atoms with Gasteiger partial charge in [-0.2, -0.15) is 9.38 Å². The Hall–Kier alpha value is -1.67. The second-order valence-electron chi connectivity index (χ2n) is 5.13. The first kappa shape index (κ1) is 13.3. The molecule has 2 heterocycles. The standard InChI is InChI=1S/C12H17N5O2S/c13-7-9(8-3-1-2-4-8)14-10-11(17(18)19)16-5-6-20-12(16)15-10/h5-6,8-9,14H,1-4,7,13H2. The lowest BCUT2D eigenvalue weighted by Gasteiger charge is -2.22. The highest BCUT2D eigenvalue weighted by atomic mass is 32.1. The monoisotopic (exact) mass is 295 g/mol. The van der Waals surface area contributed by atoms with Crippen LogP contribution in [-0.2, 0) is 0 Å². The molecule has 1 unspecified atom stereocenters. The van der Waals surface area contributed by atoms with Crippen LogP contribution >= 0.6 is 11.3 Å². The molecule has 0 spiro atoms. The molecule has 1 aliphatic carbocycles. The van der Waals surface area contributed by atoms with Gasteiger partial charge in [-0.05, 0) is 23.7 Å². The maximum absolute atomic E-state index is 11.3. The molecule has 2 aromatic heterocycles. The van der Waals surface area contributed by atoms with E-state index in [0.717, 1.165) is 12.8 Å². The van der Waals surface area contributed by atoms with Gasteiger partial charge >= 0.3 is 5.82 Å². The highest BCUT2D eigenvalue weighted by molar-refractivity contribution is 7.15. The summed E-state index contributed by atoms with van der Waals surface area (Å²) in [6, 6.07) is 0.0563. The van der Waals surface area contributed by atoms with Gasteiger partial charge in [-0.1, -0.05) is 24.2 Å². The summed E-state index contributed by atoms with van der Waals surface area (Å²) in [5, 5.41) is 16.3. The fourth-order valence-electron chi connectivity index (χ4n) is 2.95. The number of fused-ring (bicyclic) bond motifs is 1. The summed E-state index contributed by atoms with van der Waals surface area (Å²) in [7, 11) is 0. The van der Waals surface area contributed by atoms with E-state index in [-0.39, 0.29) is 11.9 Å².